The first-order valence-electron chi connectivity index (χ1n) is 9.92. The monoisotopic (exact) mass is 432 g/mol. The van der Waals surface area contributed by atoms with Gasteiger partial charge in [-0.25, -0.2) is 4.57 Å². The largest absolute Gasteiger partial charge is 0.336 e. The van der Waals surface area contributed by atoms with Gasteiger partial charge >= 0.3 is 0 Å². The molecule has 0 spiro atoms. The highest BCUT2D eigenvalue weighted by Crippen LogP contribution is 2.48. The van der Waals surface area contributed by atoms with Gasteiger partial charge < -0.3 is 4.90 Å². The Morgan fingerprint density at radius 2 is 1.87 bits per heavy atom. The Labute approximate surface area is 183 Å². The summed E-state index contributed by atoms with van der Waals surface area (Å²) in [6.07, 6.45) is 4.12. The van der Waals surface area contributed by atoms with Gasteiger partial charge in [-0.1, -0.05) is 42.1 Å². The molecular weight excluding hydrogens is 410 g/mol. The number of thioether (sulfide) groups is 1. The van der Waals surface area contributed by atoms with Crippen LogP contribution in [0.5, 0.6) is 0 Å². The summed E-state index contributed by atoms with van der Waals surface area (Å²) in [5.74, 6) is 0. The van der Waals surface area contributed by atoms with Crippen molar-refractivity contribution in [3.05, 3.63) is 86.0 Å². The lowest BCUT2D eigenvalue weighted by molar-refractivity contribution is -0.673. The van der Waals surface area contributed by atoms with Gasteiger partial charge in [-0.2, -0.15) is 0 Å². The zero-order chi connectivity index (χ0) is 20.8. The molecule has 0 fully saturated rings. The van der Waals surface area contributed by atoms with Crippen molar-refractivity contribution in [2.75, 3.05) is 11.9 Å². The molecule has 0 radical (unpaired) electrons. The van der Waals surface area contributed by atoms with Gasteiger partial charge in [0.1, 0.15) is 21.3 Å². The van der Waals surface area contributed by atoms with Gasteiger partial charge in [0.2, 0.25) is 5.69 Å². The summed E-state index contributed by atoms with van der Waals surface area (Å²) in [6, 6.07) is 18.8. The first kappa shape index (κ1) is 19.2. The van der Waals surface area contributed by atoms with Crippen molar-refractivity contribution >= 4 is 50.7 Å². The van der Waals surface area contributed by atoms with E-state index in [1.54, 1.807) is 23.1 Å². The minimum absolute atomic E-state index is 0.0822. The summed E-state index contributed by atoms with van der Waals surface area (Å²) < 4.78 is 5.71. The fourth-order valence-electron chi connectivity index (χ4n) is 3.92. The van der Waals surface area contributed by atoms with Gasteiger partial charge in [0.15, 0.2) is 6.20 Å². The van der Waals surface area contributed by atoms with Crippen LogP contribution in [0.2, 0.25) is 0 Å². The highest BCUT2D eigenvalue weighted by molar-refractivity contribution is 8.08. The van der Waals surface area contributed by atoms with Crippen molar-refractivity contribution in [1.29, 1.82) is 0 Å². The highest BCUT2D eigenvalue weighted by atomic mass is 32.2. The molecule has 0 amide bonds. The fourth-order valence-corrected chi connectivity index (χ4v) is 6.40. The molecule has 4 nitrogen and oxygen atoms in total. The van der Waals surface area contributed by atoms with E-state index in [2.05, 4.69) is 65.1 Å². The second-order valence-electron chi connectivity index (χ2n) is 7.30. The number of rotatable bonds is 2. The van der Waals surface area contributed by atoms with Crippen molar-refractivity contribution in [2.45, 2.75) is 18.4 Å². The van der Waals surface area contributed by atoms with Gasteiger partial charge in [-0.15, -0.1) is 11.3 Å². The average molecular weight is 433 g/mol. The molecule has 0 N–H and O–H groups in total. The van der Waals surface area contributed by atoms with Crippen LogP contribution < -0.4 is 24.2 Å². The second-order valence-corrected chi connectivity index (χ2v) is 9.36. The van der Waals surface area contributed by atoms with E-state index >= 15 is 0 Å². The van der Waals surface area contributed by atoms with Crippen molar-refractivity contribution in [3.8, 4) is 0 Å². The smallest absolute Gasteiger partial charge is 0.271 e. The maximum atomic E-state index is 13.3. The maximum Gasteiger partial charge on any atom is 0.271 e. The summed E-state index contributed by atoms with van der Waals surface area (Å²) in [7, 11) is 4.09. The normalized spacial score (nSPS) is 15.8. The number of nitrogens with zero attached hydrogens (tertiary/aromatic N) is 3. The molecule has 2 aromatic heterocycles. The molecule has 3 heterocycles. The molecule has 30 heavy (non-hydrogen) atoms. The van der Waals surface area contributed by atoms with E-state index in [4.69, 9.17) is 0 Å². The zero-order valence-electron chi connectivity index (χ0n) is 17.1. The molecule has 0 saturated heterocycles. The van der Waals surface area contributed by atoms with Crippen molar-refractivity contribution in [2.24, 2.45) is 7.05 Å². The number of hydrogen-bond acceptors (Lipinski definition) is 4. The SMILES string of the molecule is CCn1c(=Cc2cccc[n+]2C)sc(=C2Sc3ccc4ccccc4c3N2C)c1=O. The van der Waals surface area contributed by atoms with Crippen LogP contribution >= 0.6 is 23.1 Å². The Hall–Kier alpha value is -2.83. The first-order chi connectivity index (χ1) is 14.6. The number of hydrogen-bond donors (Lipinski definition) is 0. The van der Waals surface area contributed by atoms with Crippen molar-refractivity contribution in [1.82, 2.24) is 4.57 Å². The minimum Gasteiger partial charge on any atom is -0.336 e. The molecule has 2 aromatic carbocycles. The molecule has 0 bridgehead atoms. The topological polar surface area (TPSA) is 29.1 Å². The van der Waals surface area contributed by atoms with Crippen molar-refractivity contribution in [3.63, 3.8) is 0 Å². The minimum atomic E-state index is 0.0822. The number of aryl methyl sites for hydroxylation is 1. The molecular formula is C24H22N3OS2+. The van der Waals surface area contributed by atoms with E-state index < -0.39 is 0 Å². The van der Waals surface area contributed by atoms with Crippen LogP contribution in [0.15, 0.2) is 70.5 Å². The van der Waals surface area contributed by atoms with Crippen LogP contribution in [0, 0.1) is 0 Å². The van der Waals surface area contributed by atoms with Gasteiger partial charge in [-0.3, -0.25) is 9.36 Å². The number of aromatic nitrogens is 2. The van der Waals surface area contributed by atoms with Crippen LogP contribution in [0.1, 0.15) is 12.6 Å². The molecule has 4 aromatic rings. The third-order valence-electron chi connectivity index (χ3n) is 5.50. The lowest BCUT2D eigenvalue weighted by Gasteiger charge is -2.15. The Bertz CT molecular complexity index is 1470. The van der Waals surface area contributed by atoms with E-state index in [-0.39, 0.29) is 5.56 Å². The first-order valence-corrected chi connectivity index (χ1v) is 11.6. The number of pyridine rings is 1. The molecule has 1 aliphatic heterocycles. The molecule has 1 aliphatic rings. The fraction of sp³-hybridized carbons (Fsp3) is 0.167. The summed E-state index contributed by atoms with van der Waals surface area (Å²) >= 11 is 3.26. The van der Waals surface area contributed by atoms with Crippen LogP contribution in [0.3, 0.4) is 0 Å². The number of thiazole rings is 1. The quantitative estimate of drug-likeness (QED) is 0.456. The Morgan fingerprint density at radius 3 is 2.67 bits per heavy atom. The highest BCUT2D eigenvalue weighted by Gasteiger charge is 2.26. The molecule has 0 saturated carbocycles. The van der Waals surface area contributed by atoms with E-state index in [1.807, 2.05) is 36.9 Å². The molecule has 150 valence electrons. The second kappa shape index (κ2) is 7.45. The molecule has 0 atom stereocenters. The molecule has 6 heteroatoms. The predicted molar refractivity (Wildman–Crippen MR) is 126 cm³/mol. The van der Waals surface area contributed by atoms with Gasteiger partial charge in [-0.05, 0) is 24.4 Å². The molecule has 5 rings (SSSR count). The van der Waals surface area contributed by atoms with E-state index in [9.17, 15) is 4.79 Å². The summed E-state index contributed by atoms with van der Waals surface area (Å²) in [5, 5.41) is 3.44. The van der Waals surface area contributed by atoms with Crippen LogP contribution in [0.25, 0.3) is 21.9 Å². The third-order valence-corrected chi connectivity index (χ3v) is 7.97. The Morgan fingerprint density at radius 1 is 1.07 bits per heavy atom. The summed E-state index contributed by atoms with van der Waals surface area (Å²) in [6.45, 7) is 2.67. The van der Waals surface area contributed by atoms with E-state index in [0.29, 0.717) is 6.54 Å². The Kier molecular flexibility index (Phi) is 4.76. The maximum absolute atomic E-state index is 13.3. The number of anilines is 1. The van der Waals surface area contributed by atoms with Crippen LogP contribution in [-0.4, -0.2) is 11.6 Å². The zero-order valence-corrected chi connectivity index (χ0v) is 18.8. The van der Waals surface area contributed by atoms with E-state index in [0.717, 1.165) is 19.9 Å². The van der Waals surface area contributed by atoms with Gasteiger partial charge in [0.05, 0.1) is 5.69 Å². The number of benzene rings is 2. The predicted octanol–water partition coefficient (Wildman–Crippen LogP) is 3.04. The van der Waals surface area contributed by atoms with E-state index in [1.165, 1.54) is 21.4 Å². The standard InChI is InChI=1S/C24H22N3OS2/c1-4-27-20(15-17-10-7-8-14-25(17)2)30-22(23(27)28)24-26(3)21-18-11-6-5-9-16(18)12-13-19(21)29-24/h5-15H,4H2,1-3H3/q+1. The number of fused-ring (bicyclic) bond motifs is 3. The lowest BCUT2D eigenvalue weighted by Crippen LogP contribution is -2.34. The third kappa shape index (κ3) is 2.99. The summed E-state index contributed by atoms with van der Waals surface area (Å²) in [5.41, 5.74) is 2.34. The van der Waals surface area contributed by atoms with Crippen molar-refractivity contribution < 1.29 is 4.57 Å². The molecule has 0 unspecified atom stereocenters. The average Bonchev–Trinajstić information content (AvgIpc) is 3.26. The Balaban J connectivity index is 1.75. The van der Waals surface area contributed by atoms with Crippen LogP contribution in [-0.2, 0) is 13.6 Å². The van der Waals surface area contributed by atoms with Crippen LogP contribution in [0.4, 0.5) is 5.69 Å². The molecule has 0 aliphatic carbocycles. The van der Waals surface area contributed by atoms with Gasteiger partial charge in [0, 0.05) is 42.1 Å². The lowest BCUT2D eigenvalue weighted by atomic mass is 10.1. The van der Waals surface area contributed by atoms with Gasteiger partial charge in [0.25, 0.3) is 5.56 Å². The summed E-state index contributed by atoms with van der Waals surface area (Å²) in [4.78, 5) is 16.7.